The summed E-state index contributed by atoms with van der Waals surface area (Å²) in [4.78, 5) is 1.18. The largest absolute Gasteiger partial charge is 0.392 e. The topological polar surface area (TPSA) is 38.0 Å². The van der Waals surface area contributed by atoms with E-state index in [0.29, 0.717) is 17.2 Å². The summed E-state index contributed by atoms with van der Waals surface area (Å²) in [6.45, 7) is 6.76. The van der Waals surface area contributed by atoms with Gasteiger partial charge >= 0.3 is 0 Å². The van der Waals surface area contributed by atoms with Crippen LogP contribution in [0, 0.1) is 13.8 Å². The molecule has 0 saturated carbocycles. The van der Waals surface area contributed by atoms with Gasteiger partial charge in [-0.1, -0.05) is 29.3 Å². The van der Waals surface area contributed by atoms with Crippen LogP contribution in [0.3, 0.4) is 0 Å². The third-order valence-corrected chi connectivity index (χ3v) is 4.94. The summed E-state index contributed by atoms with van der Waals surface area (Å²) in [5, 5.41) is 15.3. The Balaban J connectivity index is 1.97. The zero-order chi connectivity index (χ0) is 15.4. The van der Waals surface area contributed by atoms with Crippen molar-refractivity contribution >= 4 is 23.4 Å². The lowest BCUT2D eigenvalue weighted by molar-refractivity contribution is 0.197. The van der Waals surface area contributed by atoms with Gasteiger partial charge in [0.05, 0.1) is 22.5 Å². The highest BCUT2D eigenvalue weighted by Crippen LogP contribution is 2.24. The first kappa shape index (κ1) is 16.4. The minimum absolute atomic E-state index is 0.436. The molecule has 0 radical (unpaired) electrons. The molecular weight excluding hydrogens is 304 g/mol. The second-order valence-corrected chi connectivity index (χ2v) is 6.62. The number of rotatable bonds is 6. The fourth-order valence-corrected chi connectivity index (χ4v) is 3.40. The number of benzene rings is 1. The number of thioether (sulfide) groups is 1. The van der Waals surface area contributed by atoms with E-state index in [1.807, 2.05) is 24.6 Å². The SMILES string of the molecule is CCn1nc(C)c(Cl)c1CC(O)CSc1cccc(C)c1. The molecule has 1 heterocycles. The summed E-state index contributed by atoms with van der Waals surface area (Å²) >= 11 is 7.94. The van der Waals surface area contributed by atoms with E-state index in [2.05, 4.69) is 30.2 Å². The number of hydrogen-bond donors (Lipinski definition) is 1. The number of aryl methyl sites for hydroxylation is 3. The molecule has 0 aliphatic rings. The quantitative estimate of drug-likeness (QED) is 0.820. The molecule has 0 spiro atoms. The Morgan fingerprint density at radius 2 is 2.14 bits per heavy atom. The zero-order valence-corrected chi connectivity index (χ0v) is 14.2. The van der Waals surface area contributed by atoms with E-state index in [4.69, 9.17) is 11.6 Å². The van der Waals surface area contributed by atoms with E-state index in [1.54, 1.807) is 11.8 Å². The van der Waals surface area contributed by atoms with Crippen LogP contribution in [0.25, 0.3) is 0 Å². The number of aliphatic hydroxyl groups is 1. The molecule has 1 aromatic heterocycles. The average Bonchev–Trinajstić information content (AvgIpc) is 2.73. The van der Waals surface area contributed by atoms with Gasteiger partial charge in [-0.15, -0.1) is 11.8 Å². The third-order valence-electron chi connectivity index (χ3n) is 3.31. The van der Waals surface area contributed by atoms with Crippen molar-refractivity contribution in [3.63, 3.8) is 0 Å². The summed E-state index contributed by atoms with van der Waals surface area (Å²) in [6.07, 6.45) is 0.0983. The van der Waals surface area contributed by atoms with Crippen molar-refractivity contribution in [2.75, 3.05) is 5.75 Å². The fourth-order valence-electron chi connectivity index (χ4n) is 2.24. The van der Waals surface area contributed by atoms with Gasteiger partial charge in [0.1, 0.15) is 0 Å². The fraction of sp³-hybridized carbons (Fsp3) is 0.438. The van der Waals surface area contributed by atoms with Crippen molar-refractivity contribution in [3.8, 4) is 0 Å². The Morgan fingerprint density at radius 3 is 2.81 bits per heavy atom. The molecule has 2 rings (SSSR count). The van der Waals surface area contributed by atoms with E-state index in [0.717, 1.165) is 17.9 Å². The number of aromatic nitrogens is 2. The monoisotopic (exact) mass is 324 g/mol. The molecule has 0 aliphatic heterocycles. The Labute approximate surface area is 135 Å². The van der Waals surface area contributed by atoms with Crippen molar-refractivity contribution in [2.24, 2.45) is 0 Å². The predicted molar refractivity (Wildman–Crippen MR) is 89.3 cm³/mol. The van der Waals surface area contributed by atoms with Crippen LogP contribution in [-0.2, 0) is 13.0 Å². The molecule has 0 aliphatic carbocycles. The van der Waals surface area contributed by atoms with E-state index in [9.17, 15) is 5.11 Å². The second-order valence-electron chi connectivity index (χ2n) is 5.15. The predicted octanol–water partition coefficient (Wildman–Crippen LogP) is 3.87. The molecular formula is C16H21ClN2OS. The lowest BCUT2D eigenvalue weighted by atomic mass is 10.2. The smallest absolute Gasteiger partial charge is 0.0848 e. The van der Waals surface area contributed by atoms with Gasteiger partial charge < -0.3 is 5.11 Å². The minimum Gasteiger partial charge on any atom is -0.392 e. The summed E-state index contributed by atoms with van der Waals surface area (Å²) in [6, 6.07) is 8.31. The van der Waals surface area contributed by atoms with Crippen LogP contribution in [0.15, 0.2) is 29.2 Å². The molecule has 0 saturated heterocycles. The summed E-state index contributed by atoms with van der Waals surface area (Å²) < 4.78 is 1.87. The van der Waals surface area contributed by atoms with Crippen LogP contribution < -0.4 is 0 Å². The van der Waals surface area contributed by atoms with E-state index in [-0.39, 0.29) is 0 Å². The lowest BCUT2D eigenvalue weighted by Gasteiger charge is -2.12. The van der Waals surface area contributed by atoms with Crippen LogP contribution in [0.1, 0.15) is 23.9 Å². The molecule has 1 aromatic carbocycles. The molecule has 114 valence electrons. The standard InChI is InChI=1S/C16H21ClN2OS/c1-4-19-15(16(17)12(3)18-19)9-13(20)10-21-14-7-5-6-11(2)8-14/h5-8,13,20H,4,9-10H2,1-3H3. The van der Waals surface area contributed by atoms with Crippen molar-refractivity contribution in [1.29, 1.82) is 0 Å². The van der Waals surface area contributed by atoms with Gasteiger partial charge in [0.15, 0.2) is 0 Å². The van der Waals surface area contributed by atoms with E-state index in [1.165, 1.54) is 10.5 Å². The highest BCUT2D eigenvalue weighted by Gasteiger charge is 2.16. The molecule has 1 N–H and O–H groups in total. The Hall–Kier alpha value is -0.970. The highest BCUT2D eigenvalue weighted by atomic mass is 35.5. The van der Waals surface area contributed by atoms with Gasteiger partial charge in [-0.25, -0.2) is 0 Å². The van der Waals surface area contributed by atoms with Gasteiger partial charge in [-0.3, -0.25) is 4.68 Å². The van der Waals surface area contributed by atoms with Gasteiger partial charge in [0.25, 0.3) is 0 Å². The van der Waals surface area contributed by atoms with E-state index >= 15 is 0 Å². The molecule has 0 amide bonds. The van der Waals surface area contributed by atoms with Crippen LogP contribution in [0.5, 0.6) is 0 Å². The number of hydrogen-bond acceptors (Lipinski definition) is 3. The Bertz CT molecular complexity index is 612. The maximum atomic E-state index is 10.3. The van der Waals surface area contributed by atoms with Crippen molar-refractivity contribution < 1.29 is 5.11 Å². The number of nitrogens with zero attached hydrogens (tertiary/aromatic N) is 2. The van der Waals surface area contributed by atoms with Crippen LogP contribution in [0.2, 0.25) is 5.02 Å². The third kappa shape index (κ3) is 4.25. The first-order valence-electron chi connectivity index (χ1n) is 7.10. The van der Waals surface area contributed by atoms with Gasteiger partial charge in [-0.2, -0.15) is 5.10 Å². The molecule has 0 bridgehead atoms. The normalized spacial score (nSPS) is 12.6. The van der Waals surface area contributed by atoms with Crippen molar-refractivity contribution in [3.05, 3.63) is 46.2 Å². The average molecular weight is 325 g/mol. The van der Waals surface area contributed by atoms with Crippen molar-refractivity contribution in [2.45, 2.75) is 44.7 Å². The molecule has 1 atom stereocenters. The highest BCUT2D eigenvalue weighted by molar-refractivity contribution is 7.99. The number of aliphatic hydroxyl groups excluding tert-OH is 1. The van der Waals surface area contributed by atoms with Crippen LogP contribution in [-0.4, -0.2) is 26.7 Å². The molecule has 5 heteroatoms. The maximum Gasteiger partial charge on any atom is 0.0848 e. The van der Waals surface area contributed by atoms with Gasteiger partial charge in [-0.05, 0) is 32.9 Å². The van der Waals surface area contributed by atoms with Crippen molar-refractivity contribution in [1.82, 2.24) is 9.78 Å². The van der Waals surface area contributed by atoms with Crippen LogP contribution >= 0.6 is 23.4 Å². The zero-order valence-electron chi connectivity index (χ0n) is 12.6. The minimum atomic E-state index is -0.436. The Morgan fingerprint density at radius 1 is 1.38 bits per heavy atom. The first-order chi connectivity index (χ1) is 10.0. The summed E-state index contributed by atoms with van der Waals surface area (Å²) in [7, 11) is 0. The number of halogens is 1. The second kappa shape index (κ2) is 7.34. The van der Waals surface area contributed by atoms with Crippen LogP contribution in [0.4, 0.5) is 0 Å². The molecule has 2 aromatic rings. The van der Waals surface area contributed by atoms with E-state index < -0.39 is 6.10 Å². The molecule has 0 fully saturated rings. The molecule has 1 unspecified atom stereocenters. The maximum absolute atomic E-state index is 10.3. The van der Waals surface area contributed by atoms with Gasteiger partial charge in [0.2, 0.25) is 0 Å². The summed E-state index contributed by atoms with van der Waals surface area (Å²) in [5.41, 5.74) is 2.98. The first-order valence-corrected chi connectivity index (χ1v) is 8.47. The van der Waals surface area contributed by atoms with Gasteiger partial charge in [0, 0.05) is 23.6 Å². The molecule has 3 nitrogen and oxygen atoms in total. The lowest BCUT2D eigenvalue weighted by Crippen LogP contribution is -2.17. The molecule has 21 heavy (non-hydrogen) atoms. The Kier molecular flexibility index (Phi) is 5.73. The summed E-state index contributed by atoms with van der Waals surface area (Å²) in [5.74, 6) is 0.647.